The van der Waals surface area contributed by atoms with Crippen LogP contribution in [0.4, 0.5) is 10.2 Å². The van der Waals surface area contributed by atoms with E-state index in [1.54, 1.807) is 0 Å². The van der Waals surface area contributed by atoms with E-state index in [0.717, 1.165) is 32.5 Å². The molecule has 1 N–H and O–H groups in total. The predicted molar refractivity (Wildman–Crippen MR) is 70.3 cm³/mol. The number of nitrogens with zero attached hydrogens (tertiary/aromatic N) is 3. The molecule has 0 amide bonds. The number of rotatable bonds is 4. The maximum absolute atomic E-state index is 14.2. The molecule has 1 aromatic rings. The number of anilines is 1. The Hall–Kier alpha value is -1.23. The molecule has 0 aromatic carbocycles. The molecule has 0 bridgehead atoms. The first kappa shape index (κ1) is 13.2. The van der Waals surface area contributed by atoms with Crippen molar-refractivity contribution in [3.05, 3.63) is 17.8 Å². The molecule has 1 aromatic heterocycles. The number of halogens is 1. The van der Waals surface area contributed by atoms with Gasteiger partial charge in [-0.3, -0.25) is 0 Å². The summed E-state index contributed by atoms with van der Waals surface area (Å²) in [6, 6.07) is 0.434. The first-order valence-corrected chi connectivity index (χ1v) is 6.74. The average Bonchev–Trinajstić information content (AvgIpc) is 2.40. The standard InChI is InChI=1S/C13H21FN4/c1-3-11-12(14)13(17-9-16-11)18-7-5-6-10(8-18)15-4-2/h9-10,15H,3-8H2,1-2H3. The average molecular weight is 252 g/mol. The fourth-order valence-corrected chi connectivity index (χ4v) is 2.49. The van der Waals surface area contributed by atoms with E-state index in [1.165, 1.54) is 6.33 Å². The Labute approximate surface area is 108 Å². The summed E-state index contributed by atoms with van der Waals surface area (Å²) in [5, 5.41) is 3.42. The van der Waals surface area contributed by atoms with Crippen LogP contribution in [0.3, 0.4) is 0 Å². The summed E-state index contributed by atoms with van der Waals surface area (Å²) in [6.07, 6.45) is 4.29. The number of nitrogens with one attached hydrogen (secondary N) is 1. The van der Waals surface area contributed by atoms with Crippen molar-refractivity contribution in [3.8, 4) is 0 Å². The molecule has 5 heteroatoms. The molecule has 1 saturated heterocycles. The maximum Gasteiger partial charge on any atom is 0.187 e. The maximum atomic E-state index is 14.2. The lowest BCUT2D eigenvalue weighted by Gasteiger charge is -2.34. The fraction of sp³-hybridized carbons (Fsp3) is 0.692. The molecule has 100 valence electrons. The highest BCUT2D eigenvalue weighted by molar-refractivity contribution is 5.41. The van der Waals surface area contributed by atoms with Crippen LogP contribution < -0.4 is 10.2 Å². The summed E-state index contributed by atoms with van der Waals surface area (Å²) in [5.41, 5.74) is 0.505. The second kappa shape index (κ2) is 6.09. The van der Waals surface area contributed by atoms with Gasteiger partial charge < -0.3 is 10.2 Å². The third-order valence-electron chi connectivity index (χ3n) is 3.39. The molecule has 0 radical (unpaired) electrons. The van der Waals surface area contributed by atoms with Crippen molar-refractivity contribution in [1.29, 1.82) is 0 Å². The Balaban J connectivity index is 2.15. The molecular weight excluding hydrogens is 231 g/mol. The molecule has 1 unspecified atom stereocenters. The first-order valence-electron chi connectivity index (χ1n) is 6.74. The van der Waals surface area contributed by atoms with E-state index < -0.39 is 0 Å². The normalized spacial score (nSPS) is 20.2. The number of likely N-dealkylation sites (N-methyl/N-ethyl adjacent to an activating group) is 1. The first-order chi connectivity index (χ1) is 8.76. The zero-order valence-electron chi connectivity index (χ0n) is 11.1. The quantitative estimate of drug-likeness (QED) is 0.886. The molecule has 1 aliphatic heterocycles. The van der Waals surface area contributed by atoms with Gasteiger partial charge in [-0.1, -0.05) is 13.8 Å². The second-order valence-corrected chi connectivity index (χ2v) is 4.65. The summed E-state index contributed by atoms with van der Waals surface area (Å²) in [6.45, 7) is 6.65. The smallest absolute Gasteiger partial charge is 0.187 e. The molecule has 4 nitrogen and oxygen atoms in total. The number of hydrogen-bond acceptors (Lipinski definition) is 4. The lowest BCUT2D eigenvalue weighted by Crippen LogP contribution is -2.46. The van der Waals surface area contributed by atoms with Crippen LogP contribution in [-0.4, -0.2) is 35.6 Å². The van der Waals surface area contributed by atoms with Gasteiger partial charge in [-0.05, 0) is 25.8 Å². The van der Waals surface area contributed by atoms with Crippen molar-refractivity contribution in [3.63, 3.8) is 0 Å². The highest BCUT2D eigenvalue weighted by atomic mass is 19.1. The predicted octanol–water partition coefficient (Wildman–Crippen LogP) is 1.76. The van der Waals surface area contributed by atoms with Gasteiger partial charge in [-0.2, -0.15) is 0 Å². The van der Waals surface area contributed by atoms with Gasteiger partial charge in [0.2, 0.25) is 0 Å². The van der Waals surface area contributed by atoms with Crippen LogP contribution in [0.25, 0.3) is 0 Å². The Bertz CT molecular complexity index is 395. The number of aryl methyl sites for hydroxylation is 1. The lowest BCUT2D eigenvalue weighted by atomic mass is 10.1. The van der Waals surface area contributed by atoms with E-state index in [4.69, 9.17) is 0 Å². The van der Waals surface area contributed by atoms with E-state index >= 15 is 0 Å². The second-order valence-electron chi connectivity index (χ2n) is 4.65. The highest BCUT2D eigenvalue weighted by Gasteiger charge is 2.23. The Morgan fingerprint density at radius 1 is 1.44 bits per heavy atom. The van der Waals surface area contributed by atoms with Crippen LogP contribution in [0.1, 0.15) is 32.4 Å². The molecule has 18 heavy (non-hydrogen) atoms. The summed E-state index contributed by atoms with van der Waals surface area (Å²) in [5.74, 6) is 0.210. The summed E-state index contributed by atoms with van der Waals surface area (Å²) in [7, 11) is 0. The lowest BCUT2D eigenvalue weighted by molar-refractivity contribution is 0.424. The SMILES string of the molecule is CCNC1CCCN(c2ncnc(CC)c2F)C1. The van der Waals surface area contributed by atoms with Gasteiger partial charge in [0.15, 0.2) is 11.6 Å². The van der Waals surface area contributed by atoms with Gasteiger partial charge in [0.1, 0.15) is 6.33 Å². The van der Waals surface area contributed by atoms with E-state index in [2.05, 4.69) is 22.2 Å². The highest BCUT2D eigenvalue weighted by Crippen LogP contribution is 2.22. The Morgan fingerprint density at radius 3 is 3.00 bits per heavy atom. The van der Waals surface area contributed by atoms with E-state index in [1.807, 2.05) is 11.8 Å². The van der Waals surface area contributed by atoms with Crippen LogP contribution >= 0.6 is 0 Å². The Kier molecular flexibility index (Phi) is 4.47. The summed E-state index contributed by atoms with van der Waals surface area (Å²) in [4.78, 5) is 10.1. The van der Waals surface area contributed by atoms with Crippen molar-refractivity contribution in [2.75, 3.05) is 24.5 Å². The fourth-order valence-electron chi connectivity index (χ4n) is 2.49. The van der Waals surface area contributed by atoms with Gasteiger partial charge in [0.25, 0.3) is 0 Å². The third-order valence-corrected chi connectivity index (χ3v) is 3.39. The van der Waals surface area contributed by atoms with Gasteiger partial charge in [0.05, 0.1) is 5.69 Å². The number of hydrogen-bond donors (Lipinski definition) is 1. The van der Waals surface area contributed by atoms with Crippen molar-refractivity contribution < 1.29 is 4.39 Å². The van der Waals surface area contributed by atoms with E-state index in [0.29, 0.717) is 24.0 Å². The largest absolute Gasteiger partial charge is 0.353 e. The van der Waals surface area contributed by atoms with Crippen molar-refractivity contribution in [1.82, 2.24) is 15.3 Å². The zero-order chi connectivity index (χ0) is 13.0. The molecule has 2 rings (SSSR count). The molecule has 0 spiro atoms. The van der Waals surface area contributed by atoms with Crippen LogP contribution in [0.15, 0.2) is 6.33 Å². The van der Waals surface area contributed by atoms with Crippen LogP contribution in [-0.2, 0) is 6.42 Å². The van der Waals surface area contributed by atoms with Crippen molar-refractivity contribution >= 4 is 5.82 Å². The minimum atomic E-state index is -0.253. The van der Waals surface area contributed by atoms with Crippen LogP contribution in [0.5, 0.6) is 0 Å². The van der Waals surface area contributed by atoms with E-state index in [-0.39, 0.29) is 5.82 Å². The third kappa shape index (κ3) is 2.77. The van der Waals surface area contributed by atoms with Crippen LogP contribution in [0.2, 0.25) is 0 Å². The zero-order valence-corrected chi connectivity index (χ0v) is 11.1. The monoisotopic (exact) mass is 252 g/mol. The van der Waals surface area contributed by atoms with Crippen LogP contribution in [0, 0.1) is 5.82 Å². The number of aromatic nitrogens is 2. The van der Waals surface area contributed by atoms with Gasteiger partial charge >= 0.3 is 0 Å². The molecule has 2 heterocycles. The topological polar surface area (TPSA) is 41.0 Å². The molecule has 1 fully saturated rings. The number of piperidine rings is 1. The molecule has 1 atom stereocenters. The molecule has 0 saturated carbocycles. The Morgan fingerprint density at radius 2 is 2.28 bits per heavy atom. The van der Waals surface area contributed by atoms with Gasteiger partial charge in [-0.15, -0.1) is 0 Å². The minimum Gasteiger partial charge on any atom is -0.353 e. The summed E-state index contributed by atoms with van der Waals surface area (Å²) < 4.78 is 14.2. The van der Waals surface area contributed by atoms with Crippen molar-refractivity contribution in [2.24, 2.45) is 0 Å². The minimum absolute atomic E-state index is 0.253. The van der Waals surface area contributed by atoms with Gasteiger partial charge in [-0.25, -0.2) is 14.4 Å². The van der Waals surface area contributed by atoms with E-state index in [9.17, 15) is 4.39 Å². The van der Waals surface area contributed by atoms with Gasteiger partial charge in [0, 0.05) is 19.1 Å². The van der Waals surface area contributed by atoms with Crippen molar-refractivity contribution in [2.45, 2.75) is 39.2 Å². The summed E-state index contributed by atoms with van der Waals surface area (Å²) >= 11 is 0. The molecule has 0 aliphatic carbocycles. The molecular formula is C13H21FN4. The molecule has 1 aliphatic rings.